The largest absolute Gasteiger partial charge is 0.477 e. The standard InChI is InChI=1S/C21H35N5O.HI/c1-3-19-6-4-5-12-26(19)13-11-23-21(22-2)25-15-18-9-10-20(24-14-18)27-16-17-7-8-17;/h9-10,14,17,19H,3-8,11-13,15-16H2,1-2H3,(H2,22,23,25);1H. The lowest BCUT2D eigenvalue weighted by molar-refractivity contribution is 0.147. The molecule has 0 amide bonds. The molecule has 1 aromatic rings. The average Bonchev–Trinajstić information content (AvgIpc) is 3.54. The number of aliphatic imine (C=N–C) groups is 1. The number of halogens is 1. The molecule has 7 heteroatoms. The maximum absolute atomic E-state index is 5.69. The Morgan fingerprint density at radius 3 is 2.79 bits per heavy atom. The van der Waals surface area contributed by atoms with Crippen molar-refractivity contribution in [3.8, 4) is 5.88 Å². The molecule has 2 N–H and O–H groups in total. The van der Waals surface area contributed by atoms with E-state index in [-0.39, 0.29) is 24.0 Å². The van der Waals surface area contributed by atoms with Crippen LogP contribution < -0.4 is 15.4 Å². The van der Waals surface area contributed by atoms with Gasteiger partial charge < -0.3 is 15.4 Å². The van der Waals surface area contributed by atoms with Crippen LogP contribution in [0.25, 0.3) is 0 Å². The molecule has 1 saturated carbocycles. The quantitative estimate of drug-likeness (QED) is 0.309. The highest BCUT2D eigenvalue weighted by Gasteiger charge is 2.22. The van der Waals surface area contributed by atoms with Gasteiger partial charge in [-0.05, 0) is 50.1 Å². The molecule has 1 aliphatic carbocycles. The van der Waals surface area contributed by atoms with Gasteiger partial charge in [-0.2, -0.15) is 0 Å². The van der Waals surface area contributed by atoms with E-state index >= 15 is 0 Å². The van der Waals surface area contributed by atoms with Gasteiger partial charge >= 0.3 is 0 Å². The molecular formula is C21H36IN5O. The molecule has 6 nitrogen and oxygen atoms in total. The van der Waals surface area contributed by atoms with E-state index in [0.29, 0.717) is 6.54 Å². The first-order valence-corrected chi connectivity index (χ1v) is 10.5. The first-order valence-electron chi connectivity index (χ1n) is 10.5. The van der Waals surface area contributed by atoms with Crippen molar-refractivity contribution in [1.82, 2.24) is 20.5 Å². The number of aromatic nitrogens is 1. The van der Waals surface area contributed by atoms with Crippen molar-refractivity contribution < 1.29 is 4.74 Å². The highest BCUT2D eigenvalue weighted by atomic mass is 127. The van der Waals surface area contributed by atoms with Crippen LogP contribution in [0, 0.1) is 5.92 Å². The van der Waals surface area contributed by atoms with Gasteiger partial charge in [-0.25, -0.2) is 4.98 Å². The Morgan fingerprint density at radius 1 is 1.25 bits per heavy atom. The van der Waals surface area contributed by atoms with E-state index in [1.54, 1.807) is 0 Å². The van der Waals surface area contributed by atoms with Crippen molar-refractivity contribution >= 4 is 29.9 Å². The van der Waals surface area contributed by atoms with Crippen molar-refractivity contribution in [2.45, 2.75) is 58.0 Å². The minimum atomic E-state index is 0. The zero-order valence-electron chi connectivity index (χ0n) is 17.3. The molecule has 2 heterocycles. The highest BCUT2D eigenvalue weighted by Crippen LogP contribution is 2.29. The summed E-state index contributed by atoms with van der Waals surface area (Å²) in [5, 5.41) is 6.80. The maximum atomic E-state index is 5.69. The fourth-order valence-electron chi connectivity index (χ4n) is 3.63. The lowest BCUT2D eigenvalue weighted by Crippen LogP contribution is -2.45. The van der Waals surface area contributed by atoms with Crippen molar-refractivity contribution in [1.29, 1.82) is 0 Å². The number of piperidine rings is 1. The normalized spacial score (nSPS) is 20.4. The van der Waals surface area contributed by atoms with Crippen LogP contribution in [0.2, 0.25) is 0 Å². The maximum Gasteiger partial charge on any atom is 0.213 e. The minimum Gasteiger partial charge on any atom is -0.477 e. The predicted molar refractivity (Wildman–Crippen MR) is 126 cm³/mol. The molecule has 1 unspecified atom stereocenters. The van der Waals surface area contributed by atoms with E-state index in [4.69, 9.17) is 4.74 Å². The summed E-state index contributed by atoms with van der Waals surface area (Å²) in [4.78, 5) is 11.3. The Kier molecular flexibility index (Phi) is 10.3. The lowest BCUT2D eigenvalue weighted by Gasteiger charge is -2.35. The number of hydrogen-bond acceptors (Lipinski definition) is 4. The van der Waals surface area contributed by atoms with Gasteiger partial charge in [0.2, 0.25) is 5.88 Å². The Labute approximate surface area is 186 Å². The number of guanidine groups is 1. The zero-order chi connectivity index (χ0) is 18.9. The van der Waals surface area contributed by atoms with Gasteiger partial charge in [-0.15, -0.1) is 24.0 Å². The van der Waals surface area contributed by atoms with E-state index in [2.05, 4.69) is 38.5 Å². The Bertz CT molecular complexity index is 591. The lowest BCUT2D eigenvalue weighted by atomic mass is 10.0. The molecule has 158 valence electrons. The SMILES string of the molecule is CCC1CCCCN1CCNC(=NC)NCc1ccc(OCC2CC2)nc1.I. The van der Waals surface area contributed by atoms with E-state index in [0.717, 1.165) is 49.1 Å². The number of rotatable bonds is 9. The van der Waals surface area contributed by atoms with Crippen LogP contribution in [0.1, 0.15) is 51.0 Å². The zero-order valence-corrected chi connectivity index (χ0v) is 19.7. The third-order valence-electron chi connectivity index (χ3n) is 5.56. The molecule has 2 fully saturated rings. The van der Waals surface area contributed by atoms with Gasteiger partial charge in [0.05, 0.1) is 6.61 Å². The molecule has 1 aromatic heterocycles. The third-order valence-corrected chi connectivity index (χ3v) is 5.56. The summed E-state index contributed by atoms with van der Waals surface area (Å²) in [6.45, 7) is 7.03. The number of likely N-dealkylation sites (tertiary alicyclic amines) is 1. The fourth-order valence-corrected chi connectivity index (χ4v) is 3.63. The molecule has 0 bridgehead atoms. The molecule has 0 spiro atoms. The van der Waals surface area contributed by atoms with Crippen LogP contribution in [0.3, 0.4) is 0 Å². The second-order valence-electron chi connectivity index (χ2n) is 7.71. The van der Waals surface area contributed by atoms with E-state index in [9.17, 15) is 0 Å². The topological polar surface area (TPSA) is 61.8 Å². The molecule has 2 aliphatic rings. The molecule has 0 aromatic carbocycles. The number of nitrogens with one attached hydrogen (secondary N) is 2. The first kappa shape index (κ1) is 23.2. The van der Waals surface area contributed by atoms with Crippen LogP contribution in [0.15, 0.2) is 23.3 Å². The average molecular weight is 501 g/mol. The molecule has 0 radical (unpaired) electrons. The summed E-state index contributed by atoms with van der Waals surface area (Å²) in [6, 6.07) is 4.77. The minimum absolute atomic E-state index is 0. The fraction of sp³-hybridized carbons (Fsp3) is 0.714. The van der Waals surface area contributed by atoms with Crippen molar-refractivity contribution in [2.75, 3.05) is 33.3 Å². The summed E-state index contributed by atoms with van der Waals surface area (Å²) < 4.78 is 5.69. The second kappa shape index (κ2) is 12.5. The van der Waals surface area contributed by atoms with E-state index in [1.165, 1.54) is 45.1 Å². The third kappa shape index (κ3) is 7.73. The van der Waals surface area contributed by atoms with Gasteiger partial charge in [-0.3, -0.25) is 9.89 Å². The van der Waals surface area contributed by atoms with Crippen molar-refractivity contribution in [2.24, 2.45) is 10.9 Å². The number of hydrogen-bond donors (Lipinski definition) is 2. The van der Waals surface area contributed by atoms with Crippen LogP contribution in [-0.2, 0) is 6.54 Å². The van der Waals surface area contributed by atoms with Gasteiger partial charge in [0.1, 0.15) is 0 Å². The highest BCUT2D eigenvalue weighted by molar-refractivity contribution is 14.0. The number of ether oxygens (including phenoxy) is 1. The Hall–Kier alpha value is -1.09. The van der Waals surface area contributed by atoms with Crippen molar-refractivity contribution in [3.05, 3.63) is 23.9 Å². The number of pyridine rings is 1. The summed E-state index contributed by atoms with van der Waals surface area (Å²) in [5.41, 5.74) is 1.12. The van der Waals surface area contributed by atoms with E-state index in [1.807, 2.05) is 19.3 Å². The van der Waals surface area contributed by atoms with Gasteiger partial charge in [-0.1, -0.05) is 19.4 Å². The van der Waals surface area contributed by atoms with Gasteiger partial charge in [0.15, 0.2) is 5.96 Å². The Morgan fingerprint density at radius 2 is 2.11 bits per heavy atom. The van der Waals surface area contributed by atoms with Gasteiger partial charge in [0, 0.05) is 45.0 Å². The van der Waals surface area contributed by atoms with Crippen LogP contribution in [0.4, 0.5) is 0 Å². The van der Waals surface area contributed by atoms with Crippen LogP contribution in [-0.4, -0.2) is 55.2 Å². The van der Waals surface area contributed by atoms with Crippen molar-refractivity contribution in [3.63, 3.8) is 0 Å². The first-order chi connectivity index (χ1) is 13.3. The molecule has 1 atom stereocenters. The molecule has 1 saturated heterocycles. The second-order valence-corrected chi connectivity index (χ2v) is 7.71. The van der Waals surface area contributed by atoms with Gasteiger partial charge in [0.25, 0.3) is 0 Å². The molecular weight excluding hydrogens is 465 g/mol. The smallest absolute Gasteiger partial charge is 0.213 e. The molecule has 3 rings (SSSR count). The summed E-state index contributed by atoms with van der Waals surface area (Å²) >= 11 is 0. The van der Waals surface area contributed by atoms with E-state index < -0.39 is 0 Å². The summed E-state index contributed by atoms with van der Waals surface area (Å²) in [7, 11) is 1.82. The molecule has 1 aliphatic heterocycles. The number of nitrogens with zero attached hydrogens (tertiary/aromatic N) is 3. The Balaban J connectivity index is 0.00000280. The molecule has 28 heavy (non-hydrogen) atoms. The van der Waals surface area contributed by atoms with Crippen LogP contribution in [0.5, 0.6) is 5.88 Å². The summed E-state index contributed by atoms with van der Waals surface area (Å²) in [5.74, 6) is 2.31. The monoisotopic (exact) mass is 501 g/mol. The van der Waals surface area contributed by atoms with Crippen LogP contribution >= 0.6 is 24.0 Å². The summed E-state index contributed by atoms with van der Waals surface area (Å²) in [6.07, 6.45) is 9.77. The predicted octanol–water partition coefficient (Wildman–Crippen LogP) is 3.42.